The van der Waals surface area contributed by atoms with Crippen molar-refractivity contribution < 1.29 is 0 Å². The second-order valence-corrected chi connectivity index (χ2v) is 5.55. The molecule has 0 saturated heterocycles. The lowest BCUT2D eigenvalue weighted by Crippen LogP contribution is -1.94. The van der Waals surface area contributed by atoms with E-state index in [4.69, 9.17) is 28.9 Å². The van der Waals surface area contributed by atoms with Crippen molar-refractivity contribution in [2.75, 3.05) is 11.1 Å². The maximum Gasteiger partial charge on any atom is 0.0764 e. The predicted molar refractivity (Wildman–Crippen MR) is 83.3 cm³/mol. The van der Waals surface area contributed by atoms with Gasteiger partial charge in [-0.05, 0) is 52.9 Å². The minimum Gasteiger partial charge on any atom is -0.399 e. The maximum absolute atomic E-state index is 6.10. The lowest BCUT2D eigenvalue weighted by atomic mass is 10.2. The standard InChI is InChI=1S/C12H9Cl2IN2/c13-10-5-8(16)6-11(14)12(10)17-9-3-1-2-7(15)4-9/h1-6,17H,16H2. The number of hydrogen-bond donors (Lipinski definition) is 2. The van der Waals surface area contributed by atoms with Gasteiger partial charge in [-0.1, -0.05) is 29.3 Å². The Morgan fingerprint density at radius 1 is 1.06 bits per heavy atom. The van der Waals surface area contributed by atoms with Crippen LogP contribution in [0.4, 0.5) is 17.1 Å². The maximum atomic E-state index is 6.10. The largest absolute Gasteiger partial charge is 0.399 e. The Hall–Kier alpha value is -0.650. The average molecular weight is 379 g/mol. The molecule has 0 atom stereocenters. The molecule has 0 unspecified atom stereocenters. The highest BCUT2D eigenvalue weighted by Gasteiger charge is 2.07. The van der Waals surface area contributed by atoms with Crippen molar-refractivity contribution in [3.05, 3.63) is 50.0 Å². The third-order valence-electron chi connectivity index (χ3n) is 2.16. The van der Waals surface area contributed by atoms with E-state index in [-0.39, 0.29) is 0 Å². The van der Waals surface area contributed by atoms with E-state index >= 15 is 0 Å². The summed E-state index contributed by atoms with van der Waals surface area (Å²) in [5, 5.41) is 4.20. The first-order chi connectivity index (χ1) is 8.06. The van der Waals surface area contributed by atoms with E-state index in [1.807, 2.05) is 24.3 Å². The van der Waals surface area contributed by atoms with Gasteiger partial charge >= 0.3 is 0 Å². The highest BCUT2D eigenvalue weighted by Crippen LogP contribution is 2.35. The molecule has 17 heavy (non-hydrogen) atoms. The number of nitrogens with one attached hydrogen (secondary N) is 1. The average Bonchev–Trinajstić information content (AvgIpc) is 2.23. The Labute approximate surface area is 123 Å². The molecule has 0 aliphatic heterocycles. The van der Waals surface area contributed by atoms with E-state index in [0.717, 1.165) is 9.26 Å². The first-order valence-corrected chi connectivity index (χ1v) is 6.67. The Kier molecular flexibility index (Phi) is 4.01. The molecular weight excluding hydrogens is 370 g/mol. The number of hydrogen-bond acceptors (Lipinski definition) is 2. The summed E-state index contributed by atoms with van der Waals surface area (Å²) in [6.07, 6.45) is 0. The summed E-state index contributed by atoms with van der Waals surface area (Å²) in [7, 11) is 0. The molecule has 0 bridgehead atoms. The minimum absolute atomic E-state index is 0.508. The van der Waals surface area contributed by atoms with Crippen LogP contribution in [0.15, 0.2) is 36.4 Å². The summed E-state index contributed by atoms with van der Waals surface area (Å²) in [5.41, 5.74) is 7.80. The van der Waals surface area contributed by atoms with E-state index in [1.54, 1.807) is 12.1 Å². The van der Waals surface area contributed by atoms with Gasteiger partial charge in [-0.15, -0.1) is 0 Å². The third-order valence-corrected chi connectivity index (χ3v) is 3.43. The molecule has 0 fully saturated rings. The van der Waals surface area contributed by atoms with Crippen LogP contribution in [-0.4, -0.2) is 0 Å². The van der Waals surface area contributed by atoms with Crippen LogP contribution < -0.4 is 11.1 Å². The summed E-state index contributed by atoms with van der Waals surface area (Å²) in [6.45, 7) is 0. The van der Waals surface area contributed by atoms with Gasteiger partial charge in [-0.3, -0.25) is 0 Å². The van der Waals surface area contributed by atoms with Crippen LogP contribution in [0.3, 0.4) is 0 Å². The van der Waals surface area contributed by atoms with E-state index < -0.39 is 0 Å². The number of anilines is 3. The minimum atomic E-state index is 0.508. The summed E-state index contributed by atoms with van der Waals surface area (Å²) < 4.78 is 1.13. The Balaban J connectivity index is 2.36. The third kappa shape index (κ3) is 3.18. The molecule has 88 valence electrons. The second kappa shape index (κ2) is 5.33. The first kappa shape index (κ1) is 12.8. The molecule has 5 heteroatoms. The van der Waals surface area contributed by atoms with Gasteiger partial charge in [-0.25, -0.2) is 0 Å². The topological polar surface area (TPSA) is 38.0 Å². The monoisotopic (exact) mass is 378 g/mol. The van der Waals surface area contributed by atoms with Gasteiger partial charge in [0.25, 0.3) is 0 Å². The summed E-state index contributed by atoms with van der Waals surface area (Å²) in [5.74, 6) is 0. The van der Waals surface area contributed by atoms with Gasteiger partial charge in [0.2, 0.25) is 0 Å². The van der Waals surface area contributed by atoms with E-state index in [1.165, 1.54) is 0 Å². The smallest absolute Gasteiger partial charge is 0.0764 e. The molecule has 2 nitrogen and oxygen atoms in total. The number of nitrogens with two attached hydrogens (primary N) is 1. The van der Waals surface area contributed by atoms with Gasteiger partial charge in [0.1, 0.15) is 0 Å². The van der Waals surface area contributed by atoms with Crippen LogP contribution in [0.5, 0.6) is 0 Å². The zero-order chi connectivity index (χ0) is 12.4. The molecule has 0 heterocycles. The molecule has 0 saturated carbocycles. The molecule has 0 aliphatic rings. The first-order valence-electron chi connectivity index (χ1n) is 4.83. The SMILES string of the molecule is Nc1cc(Cl)c(Nc2cccc(I)c2)c(Cl)c1. The van der Waals surface area contributed by atoms with E-state index in [2.05, 4.69) is 27.9 Å². The van der Waals surface area contributed by atoms with Crippen LogP contribution >= 0.6 is 45.8 Å². The zero-order valence-corrected chi connectivity index (χ0v) is 12.3. The Morgan fingerprint density at radius 2 is 1.71 bits per heavy atom. The van der Waals surface area contributed by atoms with Gasteiger partial charge in [-0.2, -0.15) is 0 Å². The fourth-order valence-electron chi connectivity index (χ4n) is 1.42. The van der Waals surface area contributed by atoms with Crippen molar-refractivity contribution in [1.29, 1.82) is 0 Å². The van der Waals surface area contributed by atoms with Crippen molar-refractivity contribution in [3.8, 4) is 0 Å². The molecule has 3 N–H and O–H groups in total. The molecule has 0 aromatic heterocycles. The lowest BCUT2D eigenvalue weighted by Gasteiger charge is -2.11. The quantitative estimate of drug-likeness (QED) is 0.574. The fraction of sp³-hybridized carbons (Fsp3) is 0. The Morgan fingerprint density at radius 3 is 2.29 bits per heavy atom. The Bertz CT molecular complexity index is 535. The molecule has 2 aromatic rings. The van der Waals surface area contributed by atoms with Crippen LogP contribution in [0.25, 0.3) is 0 Å². The number of benzene rings is 2. The van der Waals surface area contributed by atoms with Gasteiger partial charge in [0.15, 0.2) is 0 Å². The number of rotatable bonds is 2. The fourth-order valence-corrected chi connectivity index (χ4v) is 2.56. The number of halogens is 3. The molecule has 0 aliphatic carbocycles. The van der Waals surface area contributed by atoms with Crippen molar-refractivity contribution in [2.45, 2.75) is 0 Å². The molecule has 0 radical (unpaired) electrons. The van der Waals surface area contributed by atoms with Gasteiger partial charge in [0, 0.05) is 14.9 Å². The molecule has 2 rings (SSSR count). The van der Waals surface area contributed by atoms with E-state index in [0.29, 0.717) is 21.4 Å². The molecule has 2 aromatic carbocycles. The van der Waals surface area contributed by atoms with Crippen molar-refractivity contribution in [2.24, 2.45) is 0 Å². The summed E-state index contributed by atoms with van der Waals surface area (Å²) in [4.78, 5) is 0. The number of nitrogen functional groups attached to an aromatic ring is 1. The molecule has 0 amide bonds. The van der Waals surface area contributed by atoms with Crippen LogP contribution in [0.2, 0.25) is 10.0 Å². The highest BCUT2D eigenvalue weighted by atomic mass is 127. The molecular formula is C12H9Cl2IN2. The van der Waals surface area contributed by atoms with Crippen LogP contribution in [-0.2, 0) is 0 Å². The normalized spacial score (nSPS) is 10.3. The highest BCUT2D eigenvalue weighted by molar-refractivity contribution is 14.1. The van der Waals surface area contributed by atoms with Crippen LogP contribution in [0.1, 0.15) is 0 Å². The lowest BCUT2D eigenvalue weighted by molar-refractivity contribution is 1.53. The van der Waals surface area contributed by atoms with Gasteiger partial charge in [0.05, 0.1) is 15.7 Å². The predicted octanol–water partition coefficient (Wildman–Crippen LogP) is 4.92. The van der Waals surface area contributed by atoms with Crippen molar-refractivity contribution in [1.82, 2.24) is 0 Å². The van der Waals surface area contributed by atoms with Crippen molar-refractivity contribution in [3.63, 3.8) is 0 Å². The van der Waals surface area contributed by atoms with Crippen LogP contribution in [0, 0.1) is 3.57 Å². The zero-order valence-electron chi connectivity index (χ0n) is 8.68. The van der Waals surface area contributed by atoms with Crippen molar-refractivity contribution >= 4 is 62.9 Å². The molecule has 0 spiro atoms. The second-order valence-electron chi connectivity index (χ2n) is 3.49. The van der Waals surface area contributed by atoms with Gasteiger partial charge < -0.3 is 11.1 Å². The summed E-state index contributed by atoms with van der Waals surface area (Å²) >= 11 is 14.4. The summed E-state index contributed by atoms with van der Waals surface area (Å²) in [6, 6.07) is 11.3. The van der Waals surface area contributed by atoms with E-state index in [9.17, 15) is 0 Å².